The molecule has 1 atom stereocenters. The lowest BCUT2D eigenvalue weighted by molar-refractivity contribution is 0.560. The van der Waals surface area contributed by atoms with E-state index in [1.54, 1.807) is 21.6 Å². The molecule has 1 aromatic carbocycles. The first-order valence-electron chi connectivity index (χ1n) is 8.87. The minimum atomic E-state index is -0.432. The summed E-state index contributed by atoms with van der Waals surface area (Å²) < 4.78 is 32.5. The van der Waals surface area contributed by atoms with Crippen LogP contribution in [0.3, 0.4) is 0 Å². The van der Waals surface area contributed by atoms with Crippen LogP contribution in [0, 0.1) is 15.2 Å². The van der Waals surface area contributed by atoms with Gasteiger partial charge in [-0.25, -0.2) is 23.0 Å². The van der Waals surface area contributed by atoms with Crippen molar-refractivity contribution >= 4 is 34.1 Å². The van der Waals surface area contributed by atoms with E-state index in [2.05, 4.69) is 32.8 Å². The van der Waals surface area contributed by atoms with E-state index >= 15 is 0 Å². The second-order valence-electron chi connectivity index (χ2n) is 6.70. The summed E-state index contributed by atoms with van der Waals surface area (Å²) in [5.41, 5.74) is 1.79. The molecule has 0 bridgehead atoms. The van der Waals surface area contributed by atoms with E-state index in [4.69, 9.17) is 4.98 Å². The van der Waals surface area contributed by atoms with Crippen molar-refractivity contribution in [3.05, 3.63) is 69.8 Å². The highest BCUT2D eigenvalue weighted by Gasteiger charge is 2.30. The molecule has 4 aromatic rings. The van der Waals surface area contributed by atoms with Gasteiger partial charge in [0.05, 0.1) is 22.0 Å². The molecule has 1 aliphatic heterocycles. The van der Waals surface area contributed by atoms with Gasteiger partial charge in [0.1, 0.15) is 23.1 Å². The minimum absolute atomic E-state index is 0.248. The molecule has 3 aromatic heterocycles. The Kier molecular flexibility index (Phi) is 4.26. The Labute approximate surface area is 172 Å². The van der Waals surface area contributed by atoms with E-state index in [1.807, 2.05) is 23.4 Å². The number of halogens is 3. The first-order valence-corrected chi connectivity index (χ1v) is 9.94. The fraction of sp³-hybridized carbons (Fsp3) is 0.211. The Morgan fingerprint density at radius 1 is 1.11 bits per heavy atom. The van der Waals surface area contributed by atoms with Crippen molar-refractivity contribution in [2.75, 3.05) is 11.4 Å². The summed E-state index contributed by atoms with van der Waals surface area (Å²) >= 11 is 2.20. The van der Waals surface area contributed by atoms with Crippen LogP contribution in [0.1, 0.15) is 24.4 Å². The van der Waals surface area contributed by atoms with Crippen LogP contribution in [0.2, 0.25) is 0 Å². The summed E-state index contributed by atoms with van der Waals surface area (Å²) in [7, 11) is 0. The first kappa shape index (κ1) is 17.5. The molecule has 0 radical (unpaired) electrons. The van der Waals surface area contributed by atoms with Crippen molar-refractivity contribution in [1.82, 2.24) is 24.4 Å². The summed E-state index contributed by atoms with van der Waals surface area (Å²) in [6.45, 7) is 0.729. The highest BCUT2D eigenvalue weighted by atomic mass is 127. The van der Waals surface area contributed by atoms with Crippen LogP contribution < -0.4 is 4.90 Å². The van der Waals surface area contributed by atoms with Crippen LogP contribution in [0.15, 0.2) is 49.1 Å². The summed E-state index contributed by atoms with van der Waals surface area (Å²) in [4.78, 5) is 6.81. The third kappa shape index (κ3) is 2.93. The molecule has 1 fully saturated rings. The molecule has 5 rings (SSSR count). The number of hydrogen-bond donors (Lipinski definition) is 0. The van der Waals surface area contributed by atoms with Crippen molar-refractivity contribution in [1.29, 1.82) is 0 Å². The van der Waals surface area contributed by atoms with Gasteiger partial charge in [0.15, 0.2) is 5.65 Å². The lowest BCUT2D eigenvalue weighted by Gasteiger charge is -2.26. The zero-order valence-corrected chi connectivity index (χ0v) is 16.8. The van der Waals surface area contributed by atoms with Gasteiger partial charge < -0.3 is 4.90 Å². The second kappa shape index (κ2) is 6.80. The highest BCUT2D eigenvalue weighted by Crippen LogP contribution is 2.37. The summed E-state index contributed by atoms with van der Waals surface area (Å²) in [6.07, 6.45) is 8.83. The molecule has 6 nitrogen and oxygen atoms in total. The molecule has 0 spiro atoms. The van der Waals surface area contributed by atoms with Crippen LogP contribution in [0.25, 0.3) is 11.3 Å². The maximum Gasteiger partial charge on any atom is 0.183 e. The van der Waals surface area contributed by atoms with Crippen molar-refractivity contribution in [2.24, 2.45) is 0 Å². The third-order valence-corrected chi connectivity index (χ3v) is 5.55. The van der Waals surface area contributed by atoms with E-state index in [1.165, 1.54) is 12.1 Å². The van der Waals surface area contributed by atoms with Gasteiger partial charge >= 0.3 is 0 Å². The number of hydrogen-bond acceptors (Lipinski definition) is 4. The Morgan fingerprint density at radius 2 is 2.00 bits per heavy atom. The molecular weight excluding hydrogens is 477 g/mol. The average Bonchev–Trinajstić information content (AvgIpc) is 3.42. The van der Waals surface area contributed by atoms with Crippen molar-refractivity contribution in [2.45, 2.75) is 18.9 Å². The van der Waals surface area contributed by atoms with Crippen molar-refractivity contribution in [3.63, 3.8) is 0 Å². The van der Waals surface area contributed by atoms with Crippen LogP contribution in [0.4, 0.5) is 14.6 Å². The van der Waals surface area contributed by atoms with Crippen LogP contribution in [0.5, 0.6) is 0 Å². The fourth-order valence-corrected chi connectivity index (χ4v) is 4.12. The maximum atomic E-state index is 14.4. The van der Waals surface area contributed by atoms with Gasteiger partial charge in [-0.2, -0.15) is 10.2 Å². The SMILES string of the molecule is Fc1ccc(F)c([C@H]2CCCN2c2ccn3ncc(-n4cc(I)cn4)c3n2)c1. The molecule has 0 N–H and O–H groups in total. The van der Waals surface area contributed by atoms with E-state index in [-0.39, 0.29) is 6.04 Å². The normalized spacial score (nSPS) is 17.0. The Hall–Kier alpha value is -2.56. The zero-order valence-electron chi connectivity index (χ0n) is 14.6. The van der Waals surface area contributed by atoms with Crippen LogP contribution in [-0.4, -0.2) is 30.9 Å². The minimum Gasteiger partial charge on any atom is -0.349 e. The molecule has 28 heavy (non-hydrogen) atoms. The topological polar surface area (TPSA) is 51.2 Å². The number of nitrogens with zero attached hydrogens (tertiary/aromatic N) is 6. The third-order valence-electron chi connectivity index (χ3n) is 5.00. The Balaban J connectivity index is 1.57. The predicted octanol–water partition coefficient (Wildman–Crippen LogP) is 4.14. The zero-order chi connectivity index (χ0) is 19.3. The highest BCUT2D eigenvalue weighted by molar-refractivity contribution is 14.1. The van der Waals surface area contributed by atoms with Gasteiger partial charge in [0, 0.05) is 24.5 Å². The standard InChI is InChI=1S/C19H15F2IN6/c20-12-3-4-15(21)14(8-12)16-2-1-6-26(16)18-5-7-27-19(25-18)17(10-24-27)28-11-13(22)9-23-28/h3-5,7-11,16H,1-2,6H2/t16-/m1/s1. The van der Waals surface area contributed by atoms with E-state index in [0.29, 0.717) is 17.0 Å². The van der Waals surface area contributed by atoms with Gasteiger partial charge in [-0.1, -0.05) is 0 Å². The Bertz CT molecular complexity index is 1170. The smallest absolute Gasteiger partial charge is 0.183 e. The van der Waals surface area contributed by atoms with Gasteiger partial charge in [-0.15, -0.1) is 0 Å². The lowest BCUT2D eigenvalue weighted by Crippen LogP contribution is -2.24. The van der Waals surface area contributed by atoms with Crippen LogP contribution >= 0.6 is 22.6 Å². The number of fused-ring (bicyclic) bond motifs is 1. The number of anilines is 1. The van der Waals surface area contributed by atoms with E-state index in [9.17, 15) is 8.78 Å². The molecule has 0 unspecified atom stereocenters. The van der Waals surface area contributed by atoms with Gasteiger partial charge in [0.25, 0.3) is 0 Å². The molecule has 0 aliphatic carbocycles. The fourth-order valence-electron chi connectivity index (χ4n) is 3.74. The van der Waals surface area contributed by atoms with E-state index < -0.39 is 11.6 Å². The molecule has 9 heteroatoms. The molecule has 0 amide bonds. The maximum absolute atomic E-state index is 14.4. The predicted molar refractivity (Wildman–Crippen MR) is 109 cm³/mol. The quantitative estimate of drug-likeness (QED) is 0.404. The van der Waals surface area contributed by atoms with Gasteiger partial charge in [0.2, 0.25) is 0 Å². The summed E-state index contributed by atoms with van der Waals surface area (Å²) in [6, 6.07) is 5.22. The monoisotopic (exact) mass is 492 g/mol. The van der Waals surface area contributed by atoms with Crippen LogP contribution in [-0.2, 0) is 0 Å². The molecule has 142 valence electrons. The Morgan fingerprint density at radius 3 is 2.82 bits per heavy atom. The largest absolute Gasteiger partial charge is 0.349 e. The van der Waals surface area contributed by atoms with Crippen molar-refractivity contribution in [3.8, 4) is 5.69 Å². The summed E-state index contributed by atoms with van der Waals surface area (Å²) in [5, 5.41) is 8.67. The molecular formula is C19H15F2IN6. The number of aromatic nitrogens is 5. The first-order chi connectivity index (χ1) is 13.6. The molecule has 0 saturated carbocycles. The van der Waals surface area contributed by atoms with Crippen molar-refractivity contribution < 1.29 is 8.78 Å². The van der Waals surface area contributed by atoms with Gasteiger partial charge in [-0.3, -0.25) is 0 Å². The summed E-state index contributed by atoms with van der Waals surface area (Å²) in [5.74, 6) is -0.115. The molecule has 4 heterocycles. The number of benzene rings is 1. The van der Waals surface area contributed by atoms with Gasteiger partial charge in [-0.05, 0) is 59.7 Å². The average molecular weight is 492 g/mol. The molecule has 1 saturated heterocycles. The van der Waals surface area contributed by atoms with E-state index in [0.717, 1.165) is 34.7 Å². The lowest BCUT2D eigenvalue weighted by atomic mass is 10.0. The number of rotatable bonds is 3. The molecule has 1 aliphatic rings. The second-order valence-corrected chi connectivity index (χ2v) is 7.95.